The van der Waals surface area contributed by atoms with Gasteiger partial charge in [0.25, 0.3) is 0 Å². The molecule has 2 aromatic rings. The molecule has 5 nitrogen and oxygen atoms in total. The fourth-order valence-electron chi connectivity index (χ4n) is 2.13. The first-order valence-corrected chi connectivity index (χ1v) is 6.43. The van der Waals surface area contributed by atoms with Gasteiger partial charge in [-0.1, -0.05) is 30.3 Å². The smallest absolute Gasteiger partial charge is 0.203 e. The summed E-state index contributed by atoms with van der Waals surface area (Å²) >= 11 is 0. The SMILES string of the molecule is COc1c(O)cc(O)c(C(=O)CCc2ccccc2)c1O. The summed E-state index contributed by atoms with van der Waals surface area (Å²) in [4.78, 5) is 12.2. The number of aromatic hydroxyl groups is 3. The lowest BCUT2D eigenvalue weighted by Crippen LogP contribution is -2.03. The lowest BCUT2D eigenvalue weighted by molar-refractivity contribution is 0.0976. The molecule has 2 aromatic carbocycles. The second-order valence-electron chi connectivity index (χ2n) is 4.58. The van der Waals surface area contributed by atoms with Gasteiger partial charge in [-0.15, -0.1) is 0 Å². The topological polar surface area (TPSA) is 87.0 Å². The third-order valence-electron chi connectivity index (χ3n) is 3.18. The van der Waals surface area contributed by atoms with Crippen LogP contribution in [0.2, 0.25) is 0 Å². The van der Waals surface area contributed by atoms with Crippen molar-refractivity contribution >= 4 is 5.78 Å². The molecular weight excluding hydrogens is 272 g/mol. The highest BCUT2D eigenvalue weighted by Gasteiger charge is 2.23. The van der Waals surface area contributed by atoms with Gasteiger partial charge < -0.3 is 20.1 Å². The summed E-state index contributed by atoms with van der Waals surface area (Å²) in [5, 5.41) is 29.2. The number of hydrogen-bond acceptors (Lipinski definition) is 5. The van der Waals surface area contributed by atoms with Gasteiger partial charge in [0.1, 0.15) is 11.3 Å². The number of hydrogen-bond donors (Lipinski definition) is 3. The molecule has 2 rings (SSSR count). The number of phenols is 3. The fourth-order valence-corrected chi connectivity index (χ4v) is 2.13. The Balaban J connectivity index is 2.23. The normalized spacial score (nSPS) is 10.3. The van der Waals surface area contributed by atoms with Crippen LogP contribution in [0.25, 0.3) is 0 Å². The summed E-state index contributed by atoms with van der Waals surface area (Å²) in [6.45, 7) is 0. The first-order chi connectivity index (χ1) is 10.0. The third-order valence-corrected chi connectivity index (χ3v) is 3.18. The predicted molar refractivity (Wildman–Crippen MR) is 77.1 cm³/mol. The number of carbonyl (C=O) groups excluding carboxylic acids is 1. The molecule has 0 saturated carbocycles. The van der Waals surface area contributed by atoms with Crippen LogP contribution >= 0.6 is 0 Å². The van der Waals surface area contributed by atoms with Crippen molar-refractivity contribution in [3.8, 4) is 23.0 Å². The maximum absolute atomic E-state index is 12.2. The molecule has 0 amide bonds. The van der Waals surface area contributed by atoms with Crippen LogP contribution in [0.3, 0.4) is 0 Å². The van der Waals surface area contributed by atoms with Gasteiger partial charge in [0.2, 0.25) is 5.75 Å². The molecule has 0 aliphatic carbocycles. The summed E-state index contributed by atoms with van der Waals surface area (Å²) < 4.78 is 4.82. The van der Waals surface area contributed by atoms with Crippen LogP contribution < -0.4 is 4.74 Å². The van der Waals surface area contributed by atoms with Crippen molar-refractivity contribution in [3.63, 3.8) is 0 Å². The van der Waals surface area contributed by atoms with Crippen LogP contribution in [0.1, 0.15) is 22.3 Å². The van der Waals surface area contributed by atoms with E-state index in [0.717, 1.165) is 11.6 Å². The number of aryl methyl sites for hydroxylation is 1. The summed E-state index contributed by atoms with van der Waals surface area (Å²) in [6.07, 6.45) is 0.612. The summed E-state index contributed by atoms with van der Waals surface area (Å²) in [7, 11) is 1.25. The van der Waals surface area contributed by atoms with Crippen LogP contribution in [0, 0.1) is 0 Å². The Labute approximate surface area is 122 Å². The molecule has 0 bridgehead atoms. The van der Waals surface area contributed by atoms with E-state index in [9.17, 15) is 20.1 Å². The van der Waals surface area contributed by atoms with Crippen LogP contribution in [0.15, 0.2) is 36.4 Å². The fraction of sp³-hybridized carbons (Fsp3) is 0.188. The van der Waals surface area contributed by atoms with Gasteiger partial charge in [0, 0.05) is 12.5 Å². The zero-order valence-electron chi connectivity index (χ0n) is 11.5. The Morgan fingerprint density at radius 1 is 1.10 bits per heavy atom. The Hall–Kier alpha value is -2.69. The van der Waals surface area contributed by atoms with Crippen molar-refractivity contribution in [3.05, 3.63) is 47.5 Å². The number of ether oxygens (including phenoxy) is 1. The maximum Gasteiger partial charge on any atom is 0.203 e. The Kier molecular flexibility index (Phi) is 4.33. The molecule has 5 heteroatoms. The summed E-state index contributed by atoms with van der Waals surface area (Å²) in [6, 6.07) is 10.4. The number of ketones is 1. The lowest BCUT2D eigenvalue weighted by atomic mass is 10.0. The number of benzene rings is 2. The molecule has 0 radical (unpaired) electrons. The molecule has 110 valence electrons. The standard InChI is InChI=1S/C16H16O5/c1-21-16-13(19)9-12(18)14(15(16)20)11(17)8-7-10-5-3-2-4-6-10/h2-6,9,18-20H,7-8H2,1H3. The van der Waals surface area contributed by atoms with Gasteiger partial charge >= 0.3 is 0 Å². The molecule has 3 N–H and O–H groups in total. The van der Waals surface area contributed by atoms with E-state index in [-0.39, 0.29) is 17.7 Å². The molecule has 0 aliphatic rings. The van der Waals surface area contributed by atoms with E-state index < -0.39 is 23.0 Å². The Morgan fingerprint density at radius 3 is 2.38 bits per heavy atom. The molecule has 0 saturated heterocycles. The van der Waals surface area contributed by atoms with E-state index in [1.807, 2.05) is 30.3 Å². The first-order valence-electron chi connectivity index (χ1n) is 6.43. The zero-order valence-corrected chi connectivity index (χ0v) is 11.5. The Bertz CT molecular complexity index is 649. The average molecular weight is 288 g/mol. The van der Waals surface area contributed by atoms with Crippen LogP contribution in [0.5, 0.6) is 23.0 Å². The minimum Gasteiger partial charge on any atom is -0.507 e. The second kappa shape index (κ2) is 6.17. The monoisotopic (exact) mass is 288 g/mol. The van der Waals surface area contributed by atoms with Gasteiger partial charge in [-0.2, -0.15) is 0 Å². The molecular formula is C16H16O5. The third kappa shape index (κ3) is 3.08. The van der Waals surface area contributed by atoms with Crippen molar-refractivity contribution in [2.45, 2.75) is 12.8 Å². The van der Waals surface area contributed by atoms with Gasteiger partial charge in [0.15, 0.2) is 17.3 Å². The highest BCUT2D eigenvalue weighted by molar-refractivity contribution is 6.02. The largest absolute Gasteiger partial charge is 0.507 e. The predicted octanol–water partition coefficient (Wildman–Crippen LogP) is 2.63. The van der Waals surface area contributed by atoms with Crippen molar-refractivity contribution in [2.24, 2.45) is 0 Å². The van der Waals surface area contributed by atoms with Crippen molar-refractivity contribution < 1.29 is 24.9 Å². The van der Waals surface area contributed by atoms with E-state index >= 15 is 0 Å². The number of phenolic OH excluding ortho intramolecular Hbond substituents is 3. The van der Waals surface area contributed by atoms with Crippen LogP contribution in [0.4, 0.5) is 0 Å². The van der Waals surface area contributed by atoms with Crippen molar-refractivity contribution in [2.75, 3.05) is 7.11 Å². The van der Waals surface area contributed by atoms with Gasteiger partial charge in [-0.3, -0.25) is 4.79 Å². The highest BCUT2D eigenvalue weighted by Crippen LogP contribution is 2.43. The number of rotatable bonds is 5. The molecule has 0 atom stereocenters. The average Bonchev–Trinajstić information content (AvgIpc) is 2.46. The van der Waals surface area contributed by atoms with Gasteiger partial charge in [-0.05, 0) is 12.0 Å². The summed E-state index contributed by atoms with van der Waals surface area (Å²) in [5.74, 6) is -2.09. The van der Waals surface area contributed by atoms with E-state index in [1.54, 1.807) is 0 Å². The molecule has 21 heavy (non-hydrogen) atoms. The zero-order chi connectivity index (χ0) is 15.4. The van der Waals surface area contributed by atoms with Gasteiger partial charge in [0.05, 0.1) is 7.11 Å². The molecule has 0 aromatic heterocycles. The van der Waals surface area contributed by atoms with Crippen molar-refractivity contribution in [1.29, 1.82) is 0 Å². The molecule has 0 spiro atoms. The number of carbonyl (C=O) groups is 1. The number of Topliss-reactive ketones (excluding diaryl/α,β-unsaturated/α-hetero) is 1. The molecule has 0 aliphatic heterocycles. The van der Waals surface area contributed by atoms with E-state index in [1.165, 1.54) is 7.11 Å². The van der Waals surface area contributed by atoms with Crippen LogP contribution in [-0.4, -0.2) is 28.2 Å². The highest BCUT2D eigenvalue weighted by atomic mass is 16.5. The molecule has 0 heterocycles. The van der Waals surface area contributed by atoms with Crippen molar-refractivity contribution in [1.82, 2.24) is 0 Å². The van der Waals surface area contributed by atoms with E-state index in [2.05, 4.69) is 0 Å². The molecule has 0 fully saturated rings. The minimum absolute atomic E-state index is 0.124. The van der Waals surface area contributed by atoms with E-state index in [4.69, 9.17) is 4.74 Å². The quantitative estimate of drug-likeness (QED) is 0.736. The van der Waals surface area contributed by atoms with Crippen LogP contribution in [-0.2, 0) is 6.42 Å². The molecule has 0 unspecified atom stereocenters. The second-order valence-corrected chi connectivity index (χ2v) is 4.58. The summed E-state index contributed by atoms with van der Waals surface area (Å²) in [5.41, 5.74) is 0.746. The first kappa shape index (κ1) is 14.7. The van der Waals surface area contributed by atoms with Gasteiger partial charge in [-0.25, -0.2) is 0 Å². The minimum atomic E-state index is -0.548. The Morgan fingerprint density at radius 2 is 1.76 bits per heavy atom. The number of methoxy groups -OCH3 is 1. The lowest BCUT2D eigenvalue weighted by Gasteiger charge is -2.11. The maximum atomic E-state index is 12.2. The van der Waals surface area contributed by atoms with E-state index in [0.29, 0.717) is 6.42 Å².